The molecule has 1 atom stereocenters. The fourth-order valence-electron chi connectivity index (χ4n) is 2.97. The van der Waals surface area contributed by atoms with Crippen molar-refractivity contribution in [2.45, 2.75) is 38.5 Å². The van der Waals surface area contributed by atoms with Crippen LogP contribution in [0.5, 0.6) is 0 Å². The Hall–Kier alpha value is -0.130. The number of nitrogens with zero attached hydrogens (tertiary/aromatic N) is 1. The number of hydrogen-bond donors (Lipinski definition) is 0. The first-order chi connectivity index (χ1) is 8.62. The summed E-state index contributed by atoms with van der Waals surface area (Å²) in [6, 6.07) is 0. The van der Waals surface area contributed by atoms with Crippen molar-refractivity contribution in [1.82, 2.24) is 4.31 Å². The molecule has 0 aromatic carbocycles. The molecule has 1 saturated heterocycles. The van der Waals surface area contributed by atoms with Crippen molar-refractivity contribution in [3.63, 3.8) is 0 Å². The predicted molar refractivity (Wildman–Crippen MR) is 71.7 cm³/mol. The molecule has 0 spiro atoms. The summed E-state index contributed by atoms with van der Waals surface area (Å²) in [6.07, 6.45) is 6.53. The average molecular weight is 274 g/mol. The molecule has 18 heavy (non-hydrogen) atoms. The molecule has 0 bridgehead atoms. The molecule has 0 aromatic rings. The summed E-state index contributed by atoms with van der Waals surface area (Å²) in [5, 5.41) is 0. The lowest BCUT2D eigenvalue weighted by Gasteiger charge is -2.24. The van der Waals surface area contributed by atoms with Crippen LogP contribution in [0.1, 0.15) is 38.5 Å². The minimum atomic E-state index is -3.07. The average Bonchev–Trinajstić information content (AvgIpc) is 2.80. The third kappa shape index (κ3) is 3.68. The standard InChI is InChI=1S/C13H24NO3S/c1-17-10-13-7-8-14(9-13)18(15,16)11-12-5-3-2-4-6-12/h13H,2-11H2,1H3. The van der Waals surface area contributed by atoms with Gasteiger partial charge in [-0.25, -0.2) is 12.7 Å². The highest BCUT2D eigenvalue weighted by Gasteiger charge is 2.33. The number of rotatable bonds is 5. The van der Waals surface area contributed by atoms with Gasteiger partial charge in [0.1, 0.15) is 0 Å². The van der Waals surface area contributed by atoms with E-state index in [0.29, 0.717) is 25.6 Å². The Morgan fingerprint density at radius 1 is 1.28 bits per heavy atom. The maximum absolute atomic E-state index is 12.3. The zero-order valence-electron chi connectivity index (χ0n) is 11.2. The first-order valence-electron chi connectivity index (χ1n) is 6.92. The molecule has 0 aromatic heterocycles. The lowest BCUT2D eigenvalue weighted by molar-refractivity contribution is 0.157. The second-order valence-corrected chi connectivity index (χ2v) is 7.50. The van der Waals surface area contributed by atoms with Crippen LogP contribution in [0.4, 0.5) is 0 Å². The molecule has 105 valence electrons. The first kappa shape index (κ1) is 14.3. The molecule has 2 fully saturated rings. The van der Waals surface area contributed by atoms with Gasteiger partial charge in [0, 0.05) is 20.2 Å². The second kappa shape index (κ2) is 6.35. The molecule has 1 aliphatic heterocycles. The van der Waals surface area contributed by atoms with Gasteiger partial charge >= 0.3 is 0 Å². The Bertz CT molecular complexity index is 349. The number of ether oxygens (including phenoxy) is 1. The minimum absolute atomic E-state index is 0.284. The van der Waals surface area contributed by atoms with Crippen LogP contribution in [0.3, 0.4) is 0 Å². The van der Waals surface area contributed by atoms with Crippen LogP contribution < -0.4 is 0 Å². The molecule has 1 unspecified atom stereocenters. The summed E-state index contributed by atoms with van der Waals surface area (Å²) in [4.78, 5) is 0. The van der Waals surface area contributed by atoms with Gasteiger partial charge in [0.05, 0.1) is 12.4 Å². The van der Waals surface area contributed by atoms with Gasteiger partial charge in [0.25, 0.3) is 0 Å². The lowest BCUT2D eigenvalue weighted by Crippen LogP contribution is -2.33. The summed E-state index contributed by atoms with van der Waals surface area (Å²) >= 11 is 0. The molecule has 2 aliphatic rings. The Morgan fingerprint density at radius 3 is 2.67 bits per heavy atom. The summed E-state index contributed by atoms with van der Waals surface area (Å²) < 4.78 is 31.4. The maximum atomic E-state index is 12.3. The monoisotopic (exact) mass is 274 g/mol. The van der Waals surface area contributed by atoms with Gasteiger partial charge in [-0.15, -0.1) is 0 Å². The Labute approximate surface area is 111 Å². The van der Waals surface area contributed by atoms with E-state index >= 15 is 0 Å². The zero-order valence-corrected chi connectivity index (χ0v) is 12.0. The van der Waals surface area contributed by atoms with E-state index in [0.717, 1.165) is 32.1 Å². The van der Waals surface area contributed by atoms with Crippen LogP contribution in [0.15, 0.2) is 0 Å². The lowest BCUT2D eigenvalue weighted by atomic mass is 9.91. The van der Waals surface area contributed by atoms with Gasteiger partial charge in [-0.05, 0) is 31.1 Å². The molecule has 1 heterocycles. The highest BCUT2D eigenvalue weighted by molar-refractivity contribution is 7.89. The van der Waals surface area contributed by atoms with Crippen molar-refractivity contribution in [2.24, 2.45) is 5.92 Å². The molecule has 1 saturated carbocycles. The molecular formula is C13H24NO3S. The minimum Gasteiger partial charge on any atom is -0.384 e. The van der Waals surface area contributed by atoms with E-state index in [2.05, 4.69) is 0 Å². The smallest absolute Gasteiger partial charge is 0.214 e. The predicted octanol–water partition coefficient (Wildman–Crippen LogP) is 1.82. The first-order valence-corrected chi connectivity index (χ1v) is 8.53. The van der Waals surface area contributed by atoms with Crippen LogP contribution in [0, 0.1) is 11.8 Å². The Balaban J connectivity index is 1.86. The topological polar surface area (TPSA) is 46.6 Å². The Morgan fingerprint density at radius 2 is 2.00 bits per heavy atom. The molecule has 2 rings (SSSR count). The van der Waals surface area contributed by atoms with Gasteiger partial charge in [-0.2, -0.15) is 0 Å². The highest BCUT2D eigenvalue weighted by atomic mass is 32.2. The summed E-state index contributed by atoms with van der Waals surface area (Å²) in [7, 11) is -1.39. The summed E-state index contributed by atoms with van der Waals surface area (Å²) in [5.74, 6) is 1.89. The van der Waals surface area contributed by atoms with E-state index in [1.54, 1.807) is 11.4 Å². The van der Waals surface area contributed by atoms with Crippen LogP contribution in [0.25, 0.3) is 0 Å². The van der Waals surface area contributed by atoms with Gasteiger partial charge in [0.2, 0.25) is 10.0 Å². The van der Waals surface area contributed by atoms with E-state index < -0.39 is 10.0 Å². The fraction of sp³-hybridized carbons (Fsp3) is 0.923. The molecule has 0 amide bonds. The fourth-order valence-corrected chi connectivity index (χ4v) is 4.78. The van der Waals surface area contributed by atoms with Crippen molar-refractivity contribution in [2.75, 3.05) is 32.6 Å². The molecule has 0 N–H and O–H groups in total. The van der Waals surface area contributed by atoms with Crippen molar-refractivity contribution in [3.05, 3.63) is 5.92 Å². The van der Waals surface area contributed by atoms with E-state index in [-0.39, 0.29) is 5.75 Å². The molecule has 4 nitrogen and oxygen atoms in total. The van der Waals surface area contributed by atoms with Gasteiger partial charge < -0.3 is 4.74 Å². The molecule has 5 heteroatoms. The van der Waals surface area contributed by atoms with E-state index in [1.165, 1.54) is 12.3 Å². The largest absolute Gasteiger partial charge is 0.384 e. The van der Waals surface area contributed by atoms with Crippen LogP contribution in [-0.2, 0) is 14.8 Å². The number of methoxy groups -OCH3 is 1. The SMILES string of the molecule is COCC1CCN(S(=O)(=O)C[C]2CCCCC2)C1. The third-order valence-corrected chi connectivity index (χ3v) is 5.88. The van der Waals surface area contributed by atoms with Crippen molar-refractivity contribution in [3.8, 4) is 0 Å². The van der Waals surface area contributed by atoms with Crippen molar-refractivity contribution < 1.29 is 13.2 Å². The molecular weight excluding hydrogens is 250 g/mol. The summed E-state index contributed by atoms with van der Waals surface area (Å²) in [5.41, 5.74) is 0. The van der Waals surface area contributed by atoms with Gasteiger partial charge in [-0.3, -0.25) is 0 Å². The molecule has 1 radical (unpaired) electrons. The normalized spacial score (nSPS) is 27.7. The molecule has 1 aliphatic carbocycles. The van der Waals surface area contributed by atoms with E-state index in [9.17, 15) is 8.42 Å². The van der Waals surface area contributed by atoms with Crippen LogP contribution in [0.2, 0.25) is 0 Å². The Kier molecular flexibility index (Phi) is 5.04. The van der Waals surface area contributed by atoms with E-state index in [4.69, 9.17) is 4.74 Å². The summed E-state index contributed by atoms with van der Waals surface area (Å²) in [6.45, 7) is 1.98. The second-order valence-electron chi connectivity index (χ2n) is 5.53. The maximum Gasteiger partial charge on any atom is 0.214 e. The quantitative estimate of drug-likeness (QED) is 0.768. The highest BCUT2D eigenvalue weighted by Crippen LogP contribution is 2.29. The number of hydrogen-bond acceptors (Lipinski definition) is 3. The van der Waals surface area contributed by atoms with Crippen LogP contribution in [-0.4, -0.2) is 45.3 Å². The number of sulfonamides is 1. The van der Waals surface area contributed by atoms with Crippen molar-refractivity contribution in [1.29, 1.82) is 0 Å². The van der Waals surface area contributed by atoms with E-state index in [1.807, 2.05) is 0 Å². The third-order valence-electron chi connectivity index (χ3n) is 3.99. The van der Waals surface area contributed by atoms with Gasteiger partial charge in [0.15, 0.2) is 0 Å². The van der Waals surface area contributed by atoms with Gasteiger partial charge in [-0.1, -0.05) is 19.3 Å². The zero-order chi connectivity index (χ0) is 13.0. The van der Waals surface area contributed by atoms with Crippen molar-refractivity contribution >= 4 is 10.0 Å². The van der Waals surface area contributed by atoms with Crippen LogP contribution >= 0.6 is 0 Å².